The summed E-state index contributed by atoms with van der Waals surface area (Å²) in [5.74, 6) is 1.57. The molecule has 4 nitrogen and oxygen atoms in total. The molecule has 5 heteroatoms. The summed E-state index contributed by atoms with van der Waals surface area (Å²) in [7, 11) is 1.63. The molecule has 0 spiro atoms. The highest BCUT2D eigenvalue weighted by molar-refractivity contribution is 5.87. The van der Waals surface area contributed by atoms with Gasteiger partial charge >= 0.3 is 0 Å². The Morgan fingerprint density at radius 1 is 1.00 bits per heavy atom. The van der Waals surface area contributed by atoms with Crippen molar-refractivity contribution in [3.05, 3.63) is 77.1 Å². The molecule has 4 aromatic rings. The van der Waals surface area contributed by atoms with Gasteiger partial charge in [0.2, 0.25) is 5.88 Å². The van der Waals surface area contributed by atoms with Crippen molar-refractivity contribution in [2.45, 2.75) is 33.6 Å². The number of rotatable bonds is 5. The molecule has 4 rings (SSSR count). The third-order valence-electron chi connectivity index (χ3n) is 5.65. The average Bonchev–Trinajstić information content (AvgIpc) is 3.06. The predicted octanol–water partition coefficient (Wildman–Crippen LogP) is 6.18. The van der Waals surface area contributed by atoms with Crippen LogP contribution in [0.15, 0.2) is 48.5 Å². The van der Waals surface area contributed by atoms with Crippen LogP contribution >= 0.6 is 0 Å². The van der Waals surface area contributed by atoms with Crippen LogP contribution in [0, 0.1) is 25.6 Å². The number of imidazole rings is 1. The summed E-state index contributed by atoms with van der Waals surface area (Å²) in [4.78, 5) is 12.9. The highest BCUT2D eigenvalue weighted by Crippen LogP contribution is 2.37. The third kappa shape index (κ3) is 3.56. The summed E-state index contributed by atoms with van der Waals surface area (Å²) in [6.45, 7) is 8.36. The largest absolute Gasteiger partial charge is 0.481 e. The van der Waals surface area contributed by atoms with Crippen LogP contribution in [-0.2, 0) is 0 Å². The van der Waals surface area contributed by atoms with E-state index >= 15 is 0 Å². The second kappa shape index (κ2) is 7.90. The van der Waals surface area contributed by atoms with E-state index in [0.717, 1.165) is 39.4 Å². The smallest absolute Gasteiger partial charge is 0.217 e. The van der Waals surface area contributed by atoms with Crippen LogP contribution in [-0.4, -0.2) is 22.1 Å². The van der Waals surface area contributed by atoms with Crippen molar-refractivity contribution in [2.75, 3.05) is 7.11 Å². The molecule has 0 aliphatic heterocycles. The zero-order valence-electron chi connectivity index (χ0n) is 18.0. The van der Waals surface area contributed by atoms with E-state index in [4.69, 9.17) is 14.7 Å². The van der Waals surface area contributed by atoms with E-state index in [0.29, 0.717) is 17.2 Å². The van der Waals surface area contributed by atoms with Gasteiger partial charge in [-0.15, -0.1) is 0 Å². The van der Waals surface area contributed by atoms with Gasteiger partial charge in [0.15, 0.2) is 0 Å². The number of halogens is 1. The third-order valence-corrected chi connectivity index (χ3v) is 5.65. The van der Waals surface area contributed by atoms with Crippen molar-refractivity contribution in [1.29, 1.82) is 0 Å². The van der Waals surface area contributed by atoms with Gasteiger partial charge < -0.3 is 9.72 Å². The van der Waals surface area contributed by atoms with E-state index < -0.39 is 0 Å². The standard InChI is InChI=1S/C25H26FN3O/c1-14(2)23(24-27-15(3)16(4)28-24)19-11-12-22(29-25(19)30-5)18-10-9-17-7-6-8-21(26)20(17)13-18/h6-14,23H,1-5H3,(H,27,28). The Kier molecular flexibility index (Phi) is 5.29. The molecule has 2 heterocycles. The maximum absolute atomic E-state index is 14.3. The molecule has 0 aliphatic rings. The Morgan fingerprint density at radius 3 is 2.47 bits per heavy atom. The number of hydrogen-bond acceptors (Lipinski definition) is 3. The molecule has 2 aromatic carbocycles. The zero-order valence-corrected chi connectivity index (χ0v) is 18.0. The SMILES string of the molecule is COc1nc(-c2ccc3cccc(F)c3c2)ccc1C(c1nc(C)c(C)[nH]1)C(C)C. The van der Waals surface area contributed by atoms with Gasteiger partial charge in [0, 0.05) is 28.1 Å². The normalized spacial score (nSPS) is 12.5. The van der Waals surface area contributed by atoms with Gasteiger partial charge in [-0.05, 0) is 43.4 Å². The Bertz CT molecular complexity index is 1190. The molecule has 0 fully saturated rings. The van der Waals surface area contributed by atoms with E-state index in [1.807, 2.05) is 50.2 Å². The number of fused-ring (bicyclic) bond motifs is 1. The Hall–Kier alpha value is -3.21. The van der Waals surface area contributed by atoms with Crippen LogP contribution in [0.4, 0.5) is 4.39 Å². The molecule has 0 aliphatic carbocycles. The molecule has 0 bridgehead atoms. The van der Waals surface area contributed by atoms with Crippen LogP contribution in [0.1, 0.15) is 42.5 Å². The fourth-order valence-corrected chi connectivity index (χ4v) is 3.95. The summed E-state index contributed by atoms with van der Waals surface area (Å²) >= 11 is 0. The van der Waals surface area contributed by atoms with Gasteiger partial charge in [0.1, 0.15) is 11.6 Å². The molecule has 154 valence electrons. The number of nitrogens with zero attached hydrogens (tertiary/aromatic N) is 2. The lowest BCUT2D eigenvalue weighted by Gasteiger charge is -2.21. The van der Waals surface area contributed by atoms with Gasteiger partial charge in [-0.25, -0.2) is 14.4 Å². The molecular formula is C25H26FN3O. The average molecular weight is 404 g/mol. The number of ether oxygens (including phenoxy) is 1. The van der Waals surface area contributed by atoms with Crippen molar-refractivity contribution in [1.82, 2.24) is 15.0 Å². The number of aryl methyl sites for hydroxylation is 2. The maximum atomic E-state index is 14.3. The van der Waals surface area contributed by atoms with E-state index in [2.05, 4.69) is 18.8 Å². The summed E-state index contributed by atoms with van der Waals surface area (Å²) in [5.41, 5.74) is 4.64. The van der Waals surface area contributed by atoms with Crippen molar-refractivity contribution in [2.24, 2.45) is 5.92 Å². The van der Waals surface area contributed by atoms with Crippen LogP contribution in [0.25, 0.3) is 22.0 Å². The van der Waals surface area contributed by atoms with Crippen molar-refractivity contribution >= 4 is 10.8 Å². The van der Waals surface area contributed by atoms with E-state index in [1.54, 1.807) is 13.2 Å². The molecule has 30 heavy (non-hydrogen) atoms. The molecule has 1 unspecified atom stereocenters. The second-order valence-corrected chi connectivity index (χ2v) is 8.02. The summed E-state index contributed by atoms with van der Waals surface area (Å²) in [5, 5.41) is 1.45. The summed E-state index contributed by atoms with van der Waals surface area (Å²) in [6.07, 6.45) is 0. The van der Waals surface area contributed by atoms with E-state index in [-0.39, 0.29) is 11.7 Å². The van der Waals surface area contributed by atoms with Crippen molar-refractivity contribution in [3.8, 4) is 17.1 Å². The molecule has 1 atom stereocenters. The predicted molar refractivity (Wildman–Crippen MR) is 118 cm³/mol. The topological polar surface area (TPSA) is 50.8 Å². The number of benzene rings is 2. The van der Waals surface area contributed by atoms with Crippen molar-refractivity contribution < 1.29 is 9.13 Å². The number of aromatic amines is 1. The number of hydrogen-bond donors (Lipinski definition) is 1. The maximum Gasteiger partial charge on any atom is 0.217 e. The molecule has 0 radical (unpaired) electrons. The van der Waals surface area contributed by atoms with Crippen LogP contribution in [0.3, 0.4) is 0 Å². The number of methoxy groups -OCH3 is 1. The second-order valence-electron chi connectivity index (χ2n) is 8.02. The monoisotopic (exact) mass is 403 g/mol. The Labute approximate surface area is 176 Å². The number of H-pyrrole nitrogens is 1. The molecule has 2 aromatic heterocycles. The van der Waals surface area contributed by atoms with E-state index in [1.165, 1.54) is 6.07 Å². The lowest BCUT2D eigenvalue weighted by Crippen LogP contribution is -2.13. The minimum Gasteiger partial charge on any atom is -0.481 e. The first-order valence-electron chi connectivity index (χ1n) is 10.2. The van der Waals surface area contributed by atoms with Gasteiger partial charge in [0.25, 0.3) is 0 Å². The van der Waals surface area contributed by atoms with Crippen LogP contribution in [0.5, 0.6) is 5.88 Å². The summed E-state index contributed by atoms with van der Waals surface area (Å²) < 4.78 is 19.9. The lowest BCUT2D eigenvalue weighted by molar-refractivity contribution is 0.384. The Morgan fingerprint density at radius 2 is 1.80 bits per heavy atom. The first kappa shape index (κ1) is 20.1. The Balaban J connectivity index is 1.80. The molecule has 0 amide bonds. The van der Waals surface area contributed by atoms with Gasteiger partial charge in [-0.1, -0.05) is 44.2 Å². The highest BCUT2D eigenvalue weighted by Gasteiger charge is 2.26. The molecule has 1 N–H and O–H groups in total. The lowest BCUT2D eigenvalue weighted by atomic mass is 9.88. The fourth-order valence-electron chi connectivity index (χ4n) is 3.95. The first-order valence-corrected chi connectivity index (χ1v) is 10.2. The minimum absolute atomic E-state index is 0.0305. The molecule has 0 saturated carbocycles. The van der Waals surface area contributed by atoms with Gasteiger partial charge in [0.05, 0.1) is 18.5 Å². The van der Waals surface area contributed by atoms with Crippen LogP contribution in [0.2, 0.25) is 0 Å². The molecule has 0 saturated heterocycles. The number of pyridine rings is 1. The van der Waals surface area contributed by atoms with Gasteiger partial charge in [-0.2, -0.15) is 0 Å². The fraction of sp³-hybridized carbons (Fsp3) is 0.280. The van der Waals surface area contributed by atoms with E-state index in [9.17, 15) is 4.39 Å². The quantitative estimate of drug-likeness (QED) is 0.433. The summed E-state index contributed by atoms with van der Waals surface area (Å²) in [6, 6.07) is 14.8. The number of nitrogens with one attached hydrogen (secondary N) is 1. The minimum atomic E-state index is -0.235. The number of aromatic nitrogens is 3. The first-order chi connectivity index (χ1) is 14.4. The van der Waals surface area contributed by atoms with Crippen LogP contribution < -0.4 is 4.74 Å². The van der Waals surface area contributed by atoms with Crippen molar-refractivity contribution in [3.63, 3.8) is 0 Å². The molecular weight excluding hydrogens is 377 g/mol. The zero-order chi connectivity index (χ0) is 21.4. The highest BCUT2D eigenvalue weighted by atomic mass is 19.1. The van der Waals surface area contributed by atoms with Gasteiger partial charge in [-0.3, -0.25) is 0 Å².